The number of aromatic carboxylic acids is 1. The van der Waals surface area contributed by atoms with E-state index in [4.69, 9.17) is 9.52 Å². The minimum atomic E-state index is -1.17. The highest BCUT2D eigenvalue weighted by atomic mass is 32.2. The predicted molar refractivity (Wildman–Crippen MR) is 72.8 cm³/mol. The lowest BCUT2D eigenvalue weighted by Crippen LogP contribution is -2.40. The molecule has 1 aromatic rings. The van der Waals surface area contributed by atoms with Crippen LogP contribution in [0.4, 0.5) is 4.79 Å². The molecule has 0 atom stereocenters. The summed E-state index contributed by atoms with van der Waals surface area (Å²) in [5.41, 5.74) is 0. The van der Waals surface area contributed by atoms with E-state index in [1.807, 2.05) is 6.92 Å². The topological polar surface area (TPSA) is 109 Å². The van der Waals surface area contributed by atoms with Gasteiger partial charge in [-0.3, -0.25) is 10.1 Å². The molecule has 1 rings (SSSR count). The van der Waals surface area contributed by atoms with E-state index in [1.54, 1.807) is 0 Å². The van der Waals surface area contributed by atoms with E-state index in [0.29, 0.717) is 11.6 Å². The van der Waals surface area contributed by atoms with Crippen LogP contribution in [-0.4, -0.2) is 35.3 Å². The number of amides is 3. The Morgan fingerprint density at radius 2 is 2.10 bits per heavy atom. The summed E-state index contributed by atoms with van der Waals surface area (Å²) < 4.78 is 4.96. The third-order valence-corrected chi connectivity index (χ3v) is 3.12. The number of urea groups is 1. The lowest BCUT2D eigenvalue weighted by atomic mass is 10.3. The van der Waals surface area contributed by atoms with E-state index in [0.717, 1.165) is 24.6 Å². The first-order valence-corrected chi connectivity index (χ1v) is 7.05. The van der Waals surface area contributed by atoms with Crippen LogP contribution in [0.3, 0.4) is 0 Å². The zero-order valence-electron chi connectivity index (χ0n) is 11.0. The van der Waals surface area contributed by atoms with Crippen LogP contribution in [0.5, 0.6) is 0 Å². The van der Waals surface area contributed by atoms with Crippen LogP contribution >= 0.6 is 11.8 Å². The molecule has 0 spiro atoms. The second-order valence-corrected chi connectivity index (χ2v) is 4.85. The minimum absolute atomic E-state index is 0.0340. The summed E-state index contributed by atoms with van der Waals surface area (Å²) in [7, 11) is 0. The first kappa shape index (κ1) is 16.1. The van der Waals surface area contributed by atoms with Crippen molar-refractivity contribution in [1.29, 1.82) is 0 Å². The van der Waals surface area contributed by atoms with Gasteiger partial charge in [0.05, 0.1) is 5.75 Å². The van der Waals surface area contributed by atoms with Crippen LogP contribution in [0.25, 0.3) is 0 Å². The molecule has 0 unspecified atom stereocenters. The summed E-state index contributed by atoms with van der Waals surface area (Å²) in [6.07, 6.45) is 1.80. The smallest absolute Gasteiger partial charge is 0.371 e. The average Bonchev–Trinajstić information content (AvgIpc) is 2.85. The summed E-state index contributed by atoms with van der Waals surface area (Å²) in [6.45, 7) is 2.51. The van der Waals surface area contributed by atoms with Crippen LogP contribution in [0.2, 0.25) is 0 Å². The SMILES string of the molecule is CCCCNC(=O)NC(=O)CSc1ccc(C(=O)O)o1. The number of carbonyl (C=O) groups is 3. The van der Waals surface area contributed by atoms with Gasteiger partial charge >= 0.3 is 12.0 Å². The maximum atomic E-state index is 11.4. The molecular formula is C12H16N2O5S. The summed E-state index contributed by atoms with van der Waals surface area (Å²) >= 11 is 1.02. The summed E-state index contributed by atoms with van der Waals surface area (Å²) in [5.74, 6) is -1.87. The van der Waals surface area contributed by atoms with Gasteiger partial charge < -0.3 is 14.8 Å². The Bertz CT molecular complexity index is 486. The van der Waals surface area contributed by atoms with Gasteiger partial charge in [-0.05, 0) is 18.6 Å². The molecule has 0 radical (unpaired) electrons. The number of furan rings is 1. The van der Waals surface area contributed by atoms with E-state index in [1.165, 1.54) is 12.1 Å². The van der Waals surface area contributed by atoms with Crippen LogP contribution < -0.4 is 10.6 Å². The Kier molecular flexibility index (Phi) is 6.65. The largest absolute Gasteiger partial charge is 0.475 e. The van der Waals surface area contributed by atoms with Crippen molar-refractivity contribution >= 4 is 29.7 Å². The van der Waals surface area contributed by atoms with E-state index in [2.05, 4.69) is 10.6 Å². The van der Waals surface area contributed by atoms with Gasteiger partial charge in [0.1, 0.15) is 0 Å². The number of imide groups is 1. The van der Waals surface area contributed by atoms with Crippen molar-refractivity contribution in [2.24, 2.45) is 0 Å². The number of carboxylic acids is 1. The highest BCUT2D eigenvalue weighted by Crippen LogP contribution is 2.20. The molecule has 8 heteroatoms. The average molecular weight is 300 g/mol. The first-order chi connectivity index (χ1) is 9.52. The molecule has 0 bridgehead atoms. The highest BCUT2D eigenvalue weighted by Gasteiger charge is 2.12. The van der Waals surface area contributed by atoms with Crippen LogP contribution in [-0.2, 0) is 4.79 Å². The van der Waals surface area contributed by atoms with Crippen molar-refractivity contribution in [3.05, 3.63) is 17.9 Å². The number of unbranched alkanes of at least 4 members (excludes halogenated alkanes) is 1. The number of rotatable bonds is 7. The maximum absolute atomic E-state index is 11.4. The Morgan fingerprint density at radius 3 is 2.70 bits per heavy atom. The van der Waals surface area contributed by atoms with Gasteiger partial charge in [0.25, 0.3) is 0 Å². The van der Waals surface area contributed by atoms with Crippen molar-refractivity contribution in [3.8, 4) is 0 Å². The van der Waals surface area contributed by atoms with Crippen molar-refractivity contribution in [2.75, 3.05) is 12.3 Å². The number of carbonyl (C=O) groups excluding carboxylic acids is 2. The molecular weight excluding hydrogens is 284 g/mol. The number of thioether (sulfide) groups is 1. The zero-order valence-corrected chi connectivity index (χ0v) is 11.8. The molecule has 0 aromatic carbocycles. The molecule has 0 saturated carbocycles. The normalized spacial score (nSPS) is 10.1. The fourth-order valence-electron chi connectivity index (χ4n) is 1.23. The van der Waals surface area contributed by atoms with Crippen molar-refractivity contribution in [2.45, 2.75) is 24.9 Å². The molecule has 0 aliphatic carbocycles. The molecule has 1 heterocycles. The van der Waals surface area contributed by atoms with Gasteiger partial charge in [-0.1, -0.05) is 25.1 Å². The Balaban J connectivity index is 2.28. The lowest BCUT2D eigenvalue weighted by molar-refractivity contribution is -0.117. The lowest BCUT2D eigenvalue weighted by Gasteiger charge is -2.05. The summed E-state index contributed by atoms with van der Waals surface area (Å²) in [6, 6.07) is 2.23. The van der Waals surface area contributed by atoms with Crippen LogP contribution in [0.15, 0.2) is 21.6 Å². The van der Waals surface area contributed by atoms with Crippen molar-refractivity contribution in [1.82, 2.24) is 10.6 Å². The Morgan fingerprint density at radius 1 is 1.35 bits per heavy atom. The van der Waals surface area contributed by atoms with Gasteiger partial charge in [0.15, 0.2) is 5.09 Å². The van der Waals surface area contributed by atoms with Gasteiger partial charge in [0.2, 0.25) is 11.7 Å². The third-order valence-electron chi connectivity index (χ3n) is 2.21. The molecule has 20 heavy (non-hydrogen) atoms. The minimum Gasteiger partial charge on any atom is -0.475 e. The maximum Gasteiger partial charge on any atom is 0.371 e. The highest BCUT2D eigenvalue weighted by molar-refractivity contribution is 7.99. The second kappa shape index (κ2) is 8.26. The quantitative estimate of drug-likeness (QED) is 0.522. The molecule has 0 aliphatic heterocycles. The van der Waals surface area contributed by atoms with E-state index >= 15 is 0 Å². The molecule has 110 valence electrons. The van der Waals surface area contributed by atoms with Gasteiger partial charge in [-0.2, -0.15) is 0 Å². The van der Waals surface area contributed by atoms with Gasteiger partial charge in [-0.25, -0.2) is 9.59 Å². The fourth-order valence-corrected chi connectivity index (χ4v) is 1.89. The summed E-state index contributed by atoms with van der Waals surface area (Å²) in [5, 5.41) is 13.7. The molecule has 0 saturated heterocycles. The molecule has 3 N–H and O–H groups in total. The van der Waals surface area contributed by atoms with Gasteiger partial charge in [0, 0.05) is 6.54 Å². The van der Waals surface area contributed by atoms with E-state index in [9.17, 15) is 14.4 Å². The van der Waals surface area contributed by atoms with Crippen LogP contribution in [0.1, 0.15) is 30.3 Å². The number of nitrogens with one attached hydrogen (secondary N) is 2. The molecule has 1 aromatic heterocycles. The second-order valence-electron chi connectivity index (χ2n) is 3.87. The molecule has 7 nitrogen and oxygen atoms in total. The van der Waals surface area contributed by atoms with E-state index in [-0.39, 0.29) is 11.5 Å². The number of hydrogen-bond donors (Lipinski definition) is 3. The monoisotopic (exact) mass is 300 g/mol. The first-order valence-electron chi connectivity index (χ1n) is 6.06. The Hall–Kier alpha value is -1.96. The van der Waals surface area contributed by atoms with Crippen molar-refractivity contribution in [3.63, 3.8) is 0 Å². The predicted octanol–water partition coefficient (Wildman–Crippen LogP) is 1.70. The molecule has 0 aliphatic rings. The molecule has 0 fully saturated rings. The zero-order chi connectivity index (χ0) is 15.0. The van der Waals surface area contributed by atoms with Gasteiger partial charge in [-0.15, -0.1) is 0 Å². The Labute approximate surface area is 120 Å². The van der Waals surface area contributed by atoms with E-state index < -0.39 is 17.9 Å². The standard InChI is InChI=1S/C12H16N2O5S/c1-2-3-6-13-12(18)14-9(15)7-20-10-5-4-8(19-10)11(16)17/h4-5H,2-3,6-7H2,1H3,(H,16,17)(H2,13,14,15,18). The number of hydrogen-bond acceptors (Lipinski definition) is 5. The van der Waals surface area contributed by atoms with Crippen LogP contribution in [0, 0.1) is 0 Å². The van der Waals surface area contributed by atoms with Crippen molar-refractivity contribution < 1.29 is 23.9 Å². The fraction of sp³-hybridized carbons (Fsp3) is 0.417. The molecule has 3 amide bonds. The summed E-state index contributed by atoms with van der Waals surface area (Å²) in [4.78, 5) is 33.3. The number of carboxylic acid groups (broad SMARTS) is 1. The third kappa shape index (κ3) is 5.79.